The fourth-order valence-corrected chi connectivity index (χ4v) is 1.11. The number of amides is 1. The average molecular weight is 143 g/mol. The van der Waals surface area contributed by atoms with Gasteiger partial charge in [-0.1, -0.05) is 0 Å². The maximum Gasteiger partial charge on any atom is 0.223 e. The Labute approximate surface area is 60.2 Å². The Hall–Kier alpha value is -0.610. The van der Waals surface area contributed by atoms with Crippen LogP contribution in [0, 0.1) is 5.92 Å². The fraction of sp³-hybridized carbons (Fsp3) is 0.833. The van der Waals surface area contributed by atoms with Crippen molar-refractivity contribution in [3.63, 3.8) is 0 Å². The van der Waals surface area contributed by atoms with Gasteiger partial charge in [-0.3, -0.25) is 4.79 Å². The van der Waals surface area contributed by atoms with E-state index in [1.807, 2.05) is 0 Å². The molecule has 0 unspecified atom stereocenters. The molecule has 0 aromatic carbocycles. The van der Waals surface area contributed by atoms with Gasteiger partial charge >= 0.3 is 0 Å². The molecular formula is C6H13N3O. The van der Waals surface area contributed by atoms with Crippen LogP contribution in [0.15, 0.2) is 0 Å². The highest BCUT2D eigenvalue weighted by Crippen LogP contribution is 2.12. The van der Waals surface area contributed by atoms with E-state index in [1.54, 1.807) is 0 Å². The predicted molar refractivity (Wildman–Crippen MR) is 38.2 cm³/mol. The summed E-state index contributed by atoms with van der Waals surface area (Å²) in [7, 11) is 0. The lowest BCUT2D eigenvalue weighted by Gasteiger charge is -2.36. The Balaban J connectivity index is 2.12. The summed E-state index contributed by atoms with van der Waals surface area (Å²) in [5.74, 6) is -0.111. The van der Waals surface area contributed by atoms with Gasteiger partial charge in [0.25, 0.3) is 0 Å². The smallest absolute Gasteiger partial charge is 0.223 e. The van der Waals surface area contributed by atoms with E-state index in [4.69, 9.17) is 11.5 Å². The number of likely N-dealkylation sites (tertiary alicyclic amines) is 1. The summed E-state index contributed by atoms with van der Waals surface area (Å²) in [4.78, 5) is 12.6. The minimum Gasteiger partial charge on any atom is -0.369 e. The Morgan fingerprint density at radius 3 is 2.60 bits per heavy atom. The molecule has 10 heavy (non-hydrogen) atoms. The van der Waals surface area contributed by atoms with Crippen LogP contribution < -0.4 is 11.5 Å². The monoisotopic (exact) mass is 143 g/mol. The number of nitrogens with two attached hydrogens (primary N) is 2. The van der Waals surface area contributed by atoms with E-state index in [1.165, 1.54) is 0 Å². The predicted octanol–water partition coefficient (Wildman–Crippen LogP) is -1.64. The summed E-state index contributed by atoms with van der Waals surface area (Å²) < 4.78 is 0. The van der Waals surface area contributed by atoms with Crippen molar-refractivity contribution in [2.75, 3.05) is 26.2 Å². The van der Waals surface area contributed by atoms with Gasteiger partial charge in [0.2, 0.25) is 5.91 Å². The second kappa shape index (κ2) is 2.98. The van der Waals surface area contributed by atoms with Crippen LogP contribution in [0.5, 0.6) is 0 Å². The van der Waals surface area contributed by atoms with Crippen LogP contribution in [0.25, 0.3) is 0 Å². The zero-order valence-corrected chi connectivity index (χ0v) is 5.92. The molecular weight excluding hydrogens is 130 g/mol. The van der Waals surface area contributed by atoms with Crippen LogP contribution in [-0.2, 0) is 4.79 Å². The highest BCUT2D eigenvalue weighted by molar-refractivity contribution is 5.78. The van der Waals surface area contributed by atoms with Crippen molar-refractivity contribution >= 4 is 5.91 Å². The van der Waals surface area contributed by atoms with Crippen LogP contribution in [0.3, 0.4) is 0 Å². The van der Waals surface area contributed by atoms with Crippen LogP contribution >= 0.6 is 0 Å². The third kappa shape index (κ3) is 1.46. The standard InChI is InChI=1S/C6H13N3O/c7-1-2-9-3-5(4-9)6(8)10/h5H,1-4,7H2,(H2,8,10). The number of nitrogens with zero attached hydrogens (tertiary/aromatic N) is 1. The van der Waals surface area contributed by atoms with Gasteiger partial charge < -0.3 is 16.4 Å². The van der Waals surface area contributed by atoms with Gasteiger partial charge in [-0.2, -0.15) is 0 Å². The van der Waals surface area contributed by atoms with Gasteiger partial charge in [0.15, 0.2) is 0 Å². The number of primary amides is 1. The number of hydrogen-bond acceptors (Lipinski definition) is 3. The lowest BCUT2D eigenvalue weighted by Crippen LogP contribution is -2.53. The van der Waals surface area contributed by atoms with Crippen molar-refractivity contribution in [3.8, 4) is 0 Å². The largest absolute Gasteiger partial charge is 0.369 e. The lowest BCUT2D eigenvalue weighted by molar-refractivity contribution is -0.126. The minimum atomic E-state index is -0.187. The number of carbonyl (C=O) groups excluding carboxylic acids is 1. The number of rotatable bonds is 3. The molecule has 58 valence electrons. The van der Waals surface area contributed by atoms with Crippen LogP contribution in [0.4, 0.5) is 0 Å². The van der Waals surface area contributed by atoms with Gasteiger partial charge in [0, 0.05) is 26.2 Å². The molecule has 4 heteroatoms. The molecule has 0 radical (unpaired) electrons. The Morgan fingerprint density at radius 2 is 2.20 bits per heavy atom. The third-order valence-corrected chi connectivity index (χ3v) is 1.80. The van der Waals surface area contributed by atoms with Gasteiger partial charge in [-0.25, -0.2) is 0 Å². The van der Waals surface area contributed by atoms with E-state index >= 15 is 0 Å². The molecule has 0 bridgehead atoms. The first-order valence-corrected chi connectivity index (χ1v) is 3.45. The summed E-state index contributed by atoms with van der Waals surface area (Å²) in [5, 5.41) is 0. The molecule has 0 aliphatic carbocycles. The second-order valence-corrected chi connectivity index (χ2v) is 2.65. The SMILES string of the molecule is NCCN1CC(C(N)=O)C1. The van der Waals surface area contributed by atoms with Gasteiger partial charge in [-0.05, 0) is 0 Å². The Kier molecular flexibility index (Phi) is 2.24. The summed E-state index contributed by atoms with van der Waals surface area (Å²) in [6, 6.07) is 0. The molecule has 4 N–H and O–H groups in total. The summed E-state index contributed by atoms with van der Waals surface area (Å²) in [6.45, 7) is 3.13. The van der Waals surface area contributed by atoms with E-state index in [-0.39, 0.29) is 11.8 Å². The first kappa shape index (κ1) is 7.50. The van der Waals surface area contributed by atoms with Gasteiger partial charge in [0.1, 0.15) is 0 Å². The molecule has 1 heterocycles. The van der Waals surface area contributed by atoms with Gasteiger partial charge in [0.05, 0.1) is 5.92 Å². The van der Waals surface area contributed by atoms with Crippen LogP contribution in [0.2, 0.25) is 0 Å². The summed E-state index contributed by atoms with van der Waals surface area (Å²) >= 11 is 0. The molecule has 1 rings (SSSR count). The molecule has 0 aromatic heterocycles. The molecule has 1 saturated heterocycles. The molecule has 0 aromatic rings. The number of hydrogen-bond donors (Lipinski definition) is 2. The van der Waals surface area contributed by atoms with E-state index in [0.29, 0.717) is 6.54 Å². The lowest BCUT2D eigenvalue weighted by atomic mass is 10.00. The van der Waals surface area contributed by atoms with Crippen molar-refractivity contribution in [1.29, 1.82) is 0 Å². The number of carbonyl (C=O) groups is 1. The maximum absolute atomic E-state index is 10.5. The van der Waals surface area contributed by atoms with Crippen molar-refractivity contribution in [3.05, 3.63) is 0 Å². The Morgan fingerprint density at radius 1 is 1.60 bits per heavy atom. The molecule has 0 saturated carbocycles. The van der Waals surface area contributed by atoms with E-state index in [2.05, 4.69) is 4.90 Å². The molecule has 0 spiro atoms. The molecule has 0 atom stereocenters. The van der Waals surface area contributed by atoms with E-state index in [0.717, 1.165) is 19.6 Å². The zero-order chi connectivity index (χ0) is 7.56. The van der Waals surface area contributed by atoms with E-state index < -0.39 is 0 Å². The van der Waals surface area contributed by atoms with Crippen LogP contribution in [0.1, 0.15) is 0 Å². The highest BCUT2D eigenvalue weighted by Gasteiger charge is 2.29. The fourth-order valence-electron chi connectivity index (χ4n) is 1.11. The zero-order valence-electron chi connectivity index (χ0n) is 5.92. The van der Waals surface area contributed by atoms with Crippen molar-refractivity contribution < 1.29 is 4.79 Å². The third-order valence-electron chi connectivity index (χ3n) is 1.80. The molecule has 4 nitrogen and oxygen atoms in total. The second-order valence-electron chi connectivity index (χ2n) is 2.65. The average Bonchev–Trinajstić information content (AvgIpc) is 1.76. The topological polar surface area (TPSA) is 72.3 Å². The minimum absolute atomic E-state index is 0.0755. The summed E-state index contributed by atoms with van der Waals surface area (Å²) in [6.07, 6.45) is 0. The molecule has 1 aliphatic heterocycles. The highest BCUT2D eigenvalue weighted by atomic mass is 16.1. The molecule has 1 amide bonds. The first-order chi connectivity index (χ1) is 4.74. The van der Waals surface area contributed by atoms with Crippen LogP contribution in [-0.4, -0.2) is 37.0 Å². The quantitative estimate of drug-likeness (QED) is 0.498. The van der Waals surface area contributed by atoms with Crippen molar-refractivity contribution in [1.82, 2.24) is 4.90 Å². The van der Waals surface area contributed by atoms with Crippen molar-refractivity contribution in [2.45, 2.75) is 0 Å². The van der Waals surface area contributed by atoms with E-state index in [9.17, 15) is 4.79 Å². The molecule has 1 aliphatic rings. The summed E-state index contributed by atoms with van der Waals surface area (Å²) in [5.41, 5.74) is 10.4. The normalized spacial score (nSPS) is 20.5. The first-order valence-electron chi connectivity index (χ1n) is 3.45. The molecule has 1 fully saturated rings. The van der Waals surface area contributed by atoms with Gasteiger partial charge in [-0.15, -0.1) is 0 Å². The maximum atomic E-state index is 10.5. The van der Waals surface area contributed by atoms with Crippen molar-refractivity contribution in [2.24, 2.45) is 17.4 Å². The Bertz CT molecular complexity index is 131.